The molecule has 2 heterocycles. The molecule has 9 heteroatoms. The Balaban J connectivity index is 0.00000192. The second kappa shape index (κ2) is 6.21. The Hall–Kier alpha value is -2.06. The molecule has 0 bridgehead atoms. The summed E-state index contributed by atoms with van der Waals surface area (Å²) in [7, 11) is 0. The standard InChI is InChI=1S/C14H10F3N3OS.ClH/c1-8-11(22-13-18-5-6-20(8)13)12(21)19-10-4-2-3-9(7-10)14(15,16)17;/h2-7H,1H3,(H,19,21);1H. The highest BCUT2D eigenvalue weighted by Crippen LogP contribution is 2.31. The Bertz CT molecular complexity index is 856. The first-order valence-electron chi connectivity index (χ1n) is 6.27. The lowest BCUT2D eigenvalue weighted by Crippen LogP contribution is -2.13. The van der Waals surface area contributed by atoms with Gasteiger partial charge in [0.25, 0.3) is 5.91 Å². The second-order valence-corrected chi connectivity index (χ2v) is 5.61. The molecule has 1 amide bonds. The normalized spacial score (nSPS) is 11.3. The molecule has 3 aromatic rings. The molecule has 0 saturated carbocycles. The topological polar surface area (TPSA) is 46.4 Å². The lowest BCUT2D eigenvalue weighted by Gasteiger charge is -2.09. The van der Waals surface area contributed by atoms with Crippen LogP contribution in [0.4, 0.5) is 18.9 Å². The minimum atomic E-state index is -4.44. The quantitative estimate of drug-likeness (QED) is 0.735. The molecule has 0 aliphatic rings. The molecule has 122 valence electrons. The van der Waals surface area contributed by atoms with E-state index in [9.17, 15) is 18.0 Å². The van der Waals surface area contributed by atoms with Gasteiger partial charge in [0.05, 0.1) is 5.56 Å². The third-order valence-corrected chi connectivity index (χ3v) is 4.31. The van der Waals surface area contributed by atoms with E-state index >= 15 is 0 Å². The maximum atomic E-state index is 12.7. The highest BCUT2D eigenvalue weighted by Gasteiger charge is 2.30. The lowest BCUT2D eigenvalue weighted by atomic mass is 10.2. The summed E-state index contributed by atoms with van der Waals surface area (Å²) in [6.45, 7) is 1.76. The maximum Gasteiger partial charge on any atom is 0.416 e. The number of carbonyl (C=O) groups excluding carboxylic acids is 1. The number of nitrogens with zero attached hydrogens (tertiary/aromatic N) is 2. The van der Waals surface area contributed by atoms with Crippen LogP contribution in [0.15, 0.2) is 36.7 Å². The van der Waals surface area contributed by atoms with Crippen LogP contribution >= 0.6 is 23.7 Å². The van der Waals surface area contributed by atoms with E-state index in [0.29, 0.717) is 15.5 Å². The molecule has 0 spiro atoms. The number of benzene rings is 1. The summed E-state index contributed by atoms with van der Waals surface area (Å²) in [6, 6.07) is 4.54. The largest absolute Gasteiger partial charge is 0.416 e. The van der Waals surface area contributed by atoms with Gasteiger partial charge in [0.15, 0.2) is 4.96 Å². The molecule has 0 radical (unpaired) electrons. The number of amides is 1. The molecule has 0 aliphatic carbocycles. The number of hydrogen-bond acceptors (Lipinski definition) is 3. The average molecular weight is 362 g/mol. The first-order valence-corrected chi connectivity index (χ1v) is 7.09. The SMILES string of the molecule is Cc1c(C(=O)Nc2cccc(C(F)(F)F)c2)sc2nccn12.Cl. The summed E-state index contributed by atoms with van der Waals surface area (Å²) < 4.78 is 39.8. The van der Waals surface area contributed by atoms with Gasteiger partial charge in [-0.15, -0.1) is 12.4 Å². The Morgan fingerprint density at radius 3 is 2.74 bits per heavy atom. The van der Waals surface area contributed by atoms with Gasteiger partial charge in [0.1, 0.15) is 4.88 Å². The van der Waals surface area contributed by atoms with Crippen LogP contribution in [0.2, 0.25) is 0 Å². The van der Waals surface area contributed by atoms with Gasteiger partial charge in [-0.2, -0.15) is 13.2 Å². The molecular weight excluding hydrogens is 351 g/mol. The Kier molecular flexibility index (Phi) is 4.67. The summed E-state index contributed by atoms with van der Waals surface area (Å²) in [4.78, 5) is 17.4. The number of rotatable bonds is 2. The van der Waals surface area contributed by atoms with Crippen LogP contribution in [0, 0.1) is 6.92 Å². The number of fused-ring (bicyclic) bond motifs is 1. The van der Waals surface area contributed by atoms with E-state index < -0.39 is 17.6 Å². The highest BCUT2D eigenvalue weighted by atomic mass is 35.5. The van der Waals surface area contributed by atoms with Crippen molar-refractivity contribution in [2.75, 3.05) is 5.32 Å². The van der Waals surface area contributed by atoms with Crippen molar-refractivity contribution in [1.29, 1.82) is 0 Å². The van der Waals surface area contributed by atoms with Crippen LogP contribution < -0.4 is 5.32 Å². The average Bonchev–Trinajstić information content (AvgIpc) is 3.01. The van der Waals surface area contributed by atoms with E-state index in [1.165, 1.54) is 23.5 Å². The number of anilines is 1. The monoisotopic (exact) mass is 361 g/mol. The third-order valence-electron chi connectivity index (χ3n) is 3.14. The predicted octanol–water partition coefficient (Wildman–Crippen LogP) is 4.40. The fourth-order valence-electron chi connectivity index (χ4n) is 2.07. The van der Waals surface area contributed by atoms with E-state index in [-0.39, 0.29) is 18.1 Å². The number of carbonyl (C=O) groups is 1. The number of alkyl halides is 3. The summed E-state index contributed by atoms with van der Waals surface area (Å²) in [5.74, 6) is -0.452. The number of thiazole rings is 1. The van der Waals surface area contributed by atoms with Crippen molar-refractivity contribution in [3.8, 4) is 0 Å². The molecule has 0 aliphatic heterocycles. The zero-order valence-corrected chi connectivity index (χ0v) is 13.4. The van der Waals surface area contributed by atoms with Gasteiger partial charge in [-0.05, 0) is 25.1 Å². The van der Waals surface area contributed by atoms with Gasteiger partial charge < -0.3 is 5.32 Å². The van der Waals surface area contributed by atoms with Gasteiger partial charge in [0.2, 0.25) is 0 Å². The molecule has 0 saturated heterocycles. The molecule has 1 N–H and O–H groups in total. The maximum absolute atomic E-state index is 12.7. The molecule has 1 aromatic carbocycles. The summed E-state index contributed by atoms with van der Waals surface area (Å²) in [5, 5.41) is 2.49. The molecule has 23 heavy (non-hydrogen) atoms. The minimum absolute atomic E-state index is 0. The number of hydrogen-bond donors (Lipinski definition) is 1. The van der Waals surface area contributed by atoms with Gasteiger partial charge in [-0.25, -0.2) is 4.98 Å². The van der Waals surface area contributed by atoms with Crippen LogP contribution in [-0.4, -0.2) is 15.3 Å². The van der Waals surface area contributed by atoms with Crippen molar-refractivity contribution in [3.63, 3.8) is 0 Å². The van der Waals surface area contributed by atoms with Crippen molar-refractivity contribution in [3.05, 3.63) is 52.8 Å². The number of aromatic nitrogens is 2. The Morgan fingerprint density at radius 1 is 1.35 bits per heavy atom. The fourth-order valence-corrected chi connectivity index (χ4v) is 3.05. The number of nitrogens with one attached hydrogen (secondary N) is 1. The molecule has 2 aromatic heterocycles. The highest BCUT2D eigenvalue weighted by molar-refractivity contribution is 7.19. The van der Waals surface area contributed by atoms with Gasteiger partial charge in [-0.1, -0.05) is 17.4 Å². The smallest absolute Gasteiger partial charge is 0.321 e. The third kappa shape index (κ3) is 3.32. The van der Waals surface area contributed by atoms with E-state index in [2.05, 4.69) is 10.3 Å². The Labute approximate surface area is 139 Å². The fraction of sp³-hybridized carbons (Fsp3) is 0.143. The van der Waals surface area contributed by atoms with Gasteiger partial charge >= 0.3 is 6.18 Å². The molecule has 0 atom stereocenters. The molecular formula is C14H11ClF3N3OS. The van der Waals surface area contributed by atoms with E-state index in [1.54, 1.807) is 23.7 Å². The molecule has 0 fully saturated rings. The first kappa shape index (κ1) is 17.3. The van der Waals surface area contributed by atoms with Crippen molar-refractivity contribution >= 4 is 40.3 Å². The van der Waals surface area contributed by atoms with Crippen LogP contribution in [0.1, 0.15) is 20.9 Å². The van der Waals surface area contributed by atoms with Crippen molar-refractivity contribution in [1.82, 2.24) is 9.38 Å². The van der Waals surface area contributed by atoms with Gasteiger partial charge in [0, 0.05) is 23.8 Å². The number of halogens is 4. The van der Waals surface area contributed by atoms with Crippen LogP contribution in [-0.2, 0) is 6.18 Å². The zero-order valence-electron chi connectivity index (χ0n) is 11.7. The molecule has 3 rings (SSSR count). The van der Waals surface area contributed by atoms with Crippen LogP contribution in [0.3, 0.4) is 0 Å². The number of aryl methyl sites for hydroxylation is 1. The predicted molar refractivity (Wildman–Crippen MR) is 84.5 cm³/mol. The zero-order chi connectivity index (χ0) is 15.9. The van der Waals surface area contributed by atoms with Crippen LogP contribution in [0.5, 0.6) is 0 Å². The first-order chi connectivity index (χ1) is 10.4. The number of imidazole rings is 1. The van der Waals surface area contributed by atoms with E-state index in [1.807, 2.05) is 0 Å². The van der Waals surface area contributed by atoms with Crippen molar-refractivity contribution in [2.24, 2.45) is 0 Å². The van der Waals surface area contributed by atoms with Crippen molar-refractivity contribution in [2.45, 2.75) is 13.1 Å². The summed E-state index contributed by atoms with van der Waals surface area (Å²) in [5.41, 5.74) is -0.00440. The second-order valence-electron chi connectivity index (χ2n) is 4.63. The van der Waals surface area contributed by atoms with E-state index in [4.69, 9.17) is 0 Å². The minimum Gasteiger partial charge on any atom is -0.321 e. The molecule has 0 unspecified atom stereocenters. The Morgan fingerprint density at radius 2 is 2.09 bits per heavy atom. The summed E-state index contributed by atoms with van der Waals surface area (Å²) >= 11 is 1.19. The lowest BCUT2D eigenvalue weighted by molar-refractivity contribution is -0.137. The van der Waals surface area contributed by atoms with Crippen molar-refractivity contribution < 1.29 is 18.0 Å². The van der Waals surface area contributed by atoms with E-state index in [0.717, 1.165) is 12.1 Å². The van der Waals surface area contributed by atoms with Crippen LogP contribution in [0.25, 0.3) is 4.96 Å². The molecule has 4 nitrogen and oxygen atoms in total. The van der Waals surface area contributed by atoms with Gasteiger partial charge in [-0.3, -0.25) is 9.20 Å². The summed E-state index contributed by atoms with van der Waals surface area (Å²) in [6.07, 6.45) is -1.10.